The average Bonchev–Trinajstić information content (AvgIpc) is 2.57. The lowest BCUT2D eigenvalue weighted by Gasteiger charge is -2.26. The third-order valence-corrected chi connectivity index (χ3v) is 4.99. The molecule has 1 fully saturated rings. The Morgan fingerprint density at radius 1 is 0.818 bits per heavy atom. The number of carbonyl (C=O) groups excluding carboxylic acids is 2. The highest BCUT2D eigenvalue weighted by molar-refractivity contribution is 6.26. The van der Waals surface area contributed by atoms with E-state index in [1.54, 1.807) is 6.08 Å². The minimum Gasteiger partial charge on any atom is -0.289 e. The normalized spacial score (nSPS) is 19.2. The molecular formula is C20H18O2. The standard InChI is InChI=1S/C20H18O2/c21-19-12-16(13-6-2-1-3-7-13)20(22)18-11-15-9-5-4-8-14(15)10-17(18)19/h4-5,8-13H,1-3,6-7H2. The number of allylic oxidation sites excluding steroid dienone is 2. The second-order valence-electron chi connectivity index (χ2n) is 6.37. The summed E-state index contributed by atoms with van der Waals surface area (Å²) in [5.74, 6) is 0.318. The van der Waals surface area contributed by atoms with Crippen LogP contribution < -0.4 is 0 Å². The van der Waals surface area contributed by atoms with E-state index < -0.39 is 0 Å². The maximum Gasteiger partial charge on any atom is 0.190 e. The molecule has 22 heavy (non-hydrogen) atoms. The second kappa shape index (κ2) is 5.20. The van der Waals surface area contributed by atoms with Crippen LogP contribution in [0.2, 0.25) is 0 Å². The molecule has 0 spiro atoms. The van der Waals surface area contributed by atoms with Crippen molar-refractivity contribution < 1.29 is 9.59 Å². The van der Waals surface area contributed by atoms with Gasteiger partial charge in [0.25, 0.3) is 0 Å². The monoisotopic (exact) mass is 290 g/mol. The molecule has 4 rings (SSSR count). The Morgan fingerprint density at radius 2 is 1.45 bits per heavy atom. The molecule has 2 aromatic rings. The van der Waals surface area contributed by atoms with E-state index in [1.165, 1.54) is 6.42 Å². The molecule has 110 valence electrons. The predicted molar refractivity (Wildman–Crippen MR) is 87.3 cm³/mol. The summed E-state index contributed by atoms with van der Waals surface area (Å²) < 4.78 is 0. The highest BCUT2D eigenvalue weighted by atomic mass is 16.1. The molecule has 0 radical (unpaired) electrons. The molecular weight excluding hydrogens is 272 g/mol. The van der Waals surface area contributed by atoms with Gasteiger partial charge < -0.3 is 0 Å². The Bertz CT molecular complexity index is 808. The third-order valence-electron chi connectivity index (χ3n) is 4.99. The molecule has 2 aliphatic carbocycles. The van der Waals surface area contributed by atoms with Crippen LogP contribution in [-0.4, -0.2) is 11.6 Å². The first-order chi connectivity index (χ1) is 10.7. The second-order valence-corrected chi connectivity index (χ2v) is 6.37. The number of rotatable bonds is 1. The van der Waals surface area contributed by atoms with Crippen LogP contribution in [0.4, 0.5) is 0 Å². The van der Waals surface area contributed by atoms with E-state index in [2.05, 4.69) is 0 Å². The van der Waals surface area contributed by atoms with Gasteiger partial charge in [-0.2, -0.15) is 0 Å². The molecule has 1 saturated carbocycles. The van der Waals surface area contributed by atoms with Gasteiger partial charge in [-0.3, -0.25) is 9.59 Å². The lowest BCUT2D eigenvalue weighted by molar-refractivity contribution is 0.0971. The summed E-state index contributed by atoms with van der Waals surface area (Å²) in [5, 5.41) is 2.03. The molecule has 0 aromatic heterocycles. The van der Waals surface area contributed by atoms with Gasteiger partial charge in [-0.05, 0) is 47.7 Å². The van der Waals surface area contributed by atoms with E-state index >= 15 is 0 Å². The molecule has 0 heterocycles. The van der Waals surface area contributed by atoms with Crippen LogP contribution in [0.25, 0.3) is 10.8 Å². The quantitative estimate of drug-likeness (QED) is 0.761. The number of fused-ring (bicyclic) bond motifs is 2. The zero-order chi connectivity index (χ0) is 15.1. The van der Waals surface area contributed by atoms with Crippen molar-refractivity contribution in [1.82, 2.24) is 0 Å². The fraction of sp³-hybridized carbons (Fsp3) is 0.300. The topological polar surface area (TPSA) is 34.1 Å². The summed E-state index contributed by atoms with van der Waals surface area (Å²) in [4.78, 5) is 25.4. The summed E-state index contributed by atoms with van der Waals surface area (Å²) in [5.41, 5.74) is 1.89. The lowest BCUT2D eigenvalue weighted by Crippen LogP contribution is -2.23. The lowest BCUT2D eigenvalue weighted by atomic mass is 9.76. The van der Waals surface area contributed by atoms with Gasteiger partial charge in [0.1, 0.15) is 0 Å². The number of carbonyl (C=O) groups is 2. The summed E-state index contributed by atoms with van der Waals surface area (Å²) in [6, 6.07) is 11.6. The highest BCUT2D eigenvalue weighted by Gasteiger charge is 2.31. The Morgan fingerprint density at radius 3 is 2.14 bits per heavy atom. The van der Waals surface area contributed by atoms with Gasteiger partial charge in [-0.25, -0.2) is 0 Å². The number of Topliss-reactive ketones (excluding diaryl/α,β-unsaturated/α-hetero) is 1. The first-order valence-corrected chi connectivity index (χ1v) is 8.07. The van der Waals surface area contributed by atoms with Gasteiger partial charge in [-0.15, -0.1) is 0 Å². The van der Waals surface area contributed by atoms with Crippen molar-refractivity contribution in [2.45, 2.75) is 32.1 Å². The van der Waals surface area contributed by atoms with Crippen molar-refractivity contribution in [1.29, 1.82) is 0 Å². The summed E-state index contributed by atoms with van der Waals surface area (Å²) in [6.45, 7) is 0. The number of hydrogen-bond acceptors (Lipinski definition) is 2. The SMILES string of the molecule is O=C1C=C(C2CCCCC2)C(=O)c2cc3ccccc3cc21. The minimum absolute atomic E-state index is 0.0130. The van der Waals surface area contributed by atoms with Gasteiger partial charge in [0.05, 0.1) is 0 Å². The van der Waals surface area contributed by atoms with Gasteiger partial charge in [0, 0.05) is 16.7 Å². The molecule has 0 bridgehead atoms. The number of benzene rings is 2. The van der Waals surface area contributed by atoms with E-state index in [9.17, 15) is 9.59 Å². The van der Waals surface area contributed by atoms with E-state index in [-0.39, 0.29) is 17.5 Å². The first kappa shape index (κ1) is 13.4. The maximum atomic E-state index is 12.9. The molecule has 0 unspecified atom stereocenters. The van der Waals surface area contributed by atoms with Crippen LogP contribution in [-0.2, 0) is 0 Å². The van der Waals surface area contributed by atoms with Gasteiger partial charge in [0.15, 0.2) is 11.6 Å². The van der Waals surface area contributed by atoms with Gasteiger partial charge in [-0.1, -0.05) is 43.5 Å². The fourth-order valence-corrected chi connectivity index (χ4v) is 3.79. The summed E-state index contributed by atoms with van der Waals surface area (Å²) in [6.07, 6.45) is 7.24. The van der Waals surface area contributed by atoms with Crippen LogP contribution in [0, 0.1) is 5.92 Å². The minimum atomic E-state index is -0.0130. The zero-order valence-corrected chi connectivity index (χ0v) is 12.5. The molecule has 2 aliphatic rings. The number of ketones is 2. The predicted octanol–water partition coefficient (Wildman–Crippen LogP) is 4.73. The molecule has 0 atom stereocenters. The Balaban J connectivity index is 1.82. The first-order valence-electron chi connectivity index (χ1n) is 8.07. The summed E-state index contributed by atoms with van der Waals surface area (Å²) >= 11 is 0. The molecule has 2 heteroatoms. The summed E-state index contributed by atoms with van der Waals surface area (Å²) in [7, 11) is 0. The fourth-order valence-electron chi connectivity index (χ4n) is 3.79. The molecule has 2 aromatic carbocycles. The van der Waals surface area contributed by atoms with Gasteiger partial charge >= 0.3 is 0 Å². The molecule has 0 aliphatic heterocycles. The average molecular weight is 290 g/mol. The van der Waals surface area contributed by atoms with Crippen LogP contribution in [0.1, 0.15) is 52.8 Å². The van der Waals surface area contributed by atoms with E-state index in [1.807, 2.05) is 36.4 Å². The largest absolute Gasteiger partial charge is 0.289 e. The van der Waals surface area contributed by atoms with Crippen LogP contribution in [0.15, 0.2) is 48.0 Å². The zero-order valence-electron chi connectivity index (χ0n) is 12.5. The van der Waals surface area contributed by atoms with Crippen LogP contribution >= 0.6 is 0 Å². The highest BCUT2D eigenvalue weighted by Crippen LogP contribution is 2.35. The molecule has 0 saturated heterocycles. The smallest absolute Gasteiger partial charge is 0.190 e. The van der Waals surface area contributed by atoms with Crippen molar-refractivity contribution in [3.8, 4) is 0 Å². The Hall–Kier alpha value is -2.22. The van der Waals surface area contributed by atoms with Crippen molar-refractivity contribution in [3.05, 3.63) is 59.2 Å². The maximum absolute atomic E-state index is 12.9. The Kier molecular flexibility index (Phi) is 3.18. The molecule has 0 amide bonds. The Labute approximate surface area is 129 Å². The van der Waals surface area contributed by atoms with Crippen molar-refractivity contribution >= 4 is 22.3 Å². The van der Waals surface area contributed by atoms with Crippen molar-refractivity contribution in [2.75, 3.05) is 0 Å². The molecule has 2 nitrogen and oxygen atoms in total. The third kappa shape index (κ3) is 2.10. The van der Waals surface area contributed by atoms with E-state index in [4.69, 9.17) is 0 Å². The molecule has 0 N–H and O–H groups in total. The van der Waals surface area contributed by atoms with Crippen molar-refractivity contribution in [3.63, 3.8) is 0 Å². The van der Waals surface area contributed by atoms with Crippen LogP contribution in [0.3, 0.4) is 0 Å². The van der Waals surface area contributed by atoms with Crippen LogP contribution in [0.5, 0.6) is 0 Å². The van der Waals surface area contributed by atoms with Crippen molar-refractivity contribution in [2.24, 2.45) is 5.92 Å². The van der Waals surface area contributed by atoms with Gasteiger partial charge in [0.2, 0.25) is 0 Å². The van der Waals surface area contributed by atoms with E-state index in [0.717, 1.165) is 42.0 Å². The number of hydrogen-bond donors (Lipinski definition) is 0. The van der Waals surface area contributed by atoms with E-state index in [0.29, 0.717) is 11.1 Å².